The summed E-state index contributed by atoms with van der Waals surface area (Å²) in [5.74, 6) is -0.0228. The minimum atomic E-state index is -0.406. The van der Waals surface area contributed by atoms with Crippen molar-refractivity contribution >= 4 is 28.6 Å². The number of rotatable bonds is 5. The van der Waals surface area contributed by atoms with Crippen molar-refractivity contribution in [3.05, 3.63) is 39.9 Å². The van der Waals surface area contributed by atoms with Gasteiger partial charge in [0.05, 0.1) is 11.3 Å². The maximum absolute atomic E-state index is 12.8. The number of likely N-dealkylation sites (N-methyl/N-ethyl adjacent to an activating group) is 1. The quantitative estimate of drug-likeness (QED) is 0.533. The molecular formula is C19H28BrN3O3. The smallest absolute Gasteiger partial charge is 0.273 e. The first-order chi connectivity index (χ1) is 12.1. The number of nitrogens with zero attached hydrogens (tertiary/aromatic N) is 3. The lowest BCUT2D eigenvalue weighted by Crippen LogP contribution is -2.53. The molecule has 1 heterocycles. The molecule has 2 atom stereocenters. The van der Waals surface area contributed by atoms with E-state index in [0.717, 1.165) is 32.4 Å². The van der Waals surface area contributed by atoms with Gasteiger partial charge in [0.25, 0.3) is 5.69 Å². The van der Waals surface area contributed by atoms with Crippen LogP contribution in [0.15, 0.2) is 24.3 Å². The fraction of sp³-hybridized carbons (Fsp3) is 0.632. The molecule has 0 N–H and O–H groups in total. The van der Waals surface area contributed by atoms with Gasteiger partial charge in [0, 0.05) is 30.8 Å². The van der Waals surface area contributed by atoms with E-state index in [1.54, 1.807) is 18.2 Å². The molecule has 0 radical (unpaired) electrons. The van der Waals surface area contributed by atoms with Crippen LogP contribution in [0.1, 0.15) is 44.1 Å². The zero-order chi connectivity index (χ0) is 17.8. The molecule has 1 aromatic carbocycles. The molecule has 1 saturated heterocycles. The second-order valence-electron chi connectivity index (χ2n) is 7.23. The second-order valence-corrected chi connectivity index (χ2v) is 7.23. The largest absolute Gasteiger partial charge is 0.341 e. The van der Waals surface area contributed by atoms with Gasteiger partial charge in [-0.05, 0) is 38.8 Å². The zero-order valence-electron chi connectivity index (χ0n) is 15.3. The lowest BCUT2D eigenvalue weighted by Gasteiger charge is -2.42. The summed E-state index contributed by atoms with van der Waals surface area (Å²) >= 11 is 0. The van der Waals surface area contributed by atoms with Crippen molar-refractivity contribution in [2.24, 2.45) is 0 Å². The first-order valence-corrected chi connectivity index (χ1v) is 9.30. The molecule has 144 valence electrons. The Kier molecular flexibility index (Phi) is 7.58. The van der Waals surface area contributed by atoms with Crippen molar-refractivity contribution in [3.8, 4) is 0 Å². The number of likely N-dealkylation sites (tertiary alicyclic amines) is 1. The SMILES string of the molecule is Br.CN(C(=O)Cc1ccccc1[N+](=O)[O-])[C@H]1CCCC[C@@H]1N1CCCC1. The third kappa shape index (κ3) is 4.62. The van der Waals surface area contributed by atoms with Crippen LogP contribution >= 0.6 is 17.0 Å². The molecule has 7 heteroatoms. The molecule has 2 aliphatic rings. The summed E-state index contributed by atoms with van der Waals surface area (Å²) in [6.45, 7) is 2.26. The monoisotopic (exact) mass is 425 g/mol. The van der Waals surface area contributed by atoms with Gasteiger partial charge in [-0.3, -0.25) is 19.8 Å². The predicted molar refractivity (Wildman–Crippen MR) is 107 cm³/mol. The van der Waals surface area contributed by atoms with Gasteiger partial charge in [-0.1, -0.05) is 31.0 Å². The number of nitro benzene ring substituents is 1. The van der Waals surface area contributed by atoms with E-state index < -0.39 is 4.92 Å². The highest BCUT2D eigenvalue weighted by Gasteiger charge is 2.35. The molecule has 1 aliphatic heterocycles. The molecule has 3 rings (SSSR count). The van der Waals surface area contributed by atoms with Gasteiger partial charge in [0.15, 0.2) is 0 Å². The van der Waals surface area contributed by atoms with E-state index in [2.05, 4.69) is 4.90 Å². The van der Waals surface area contributed by atoms with E-state index in [1.165, 1.54) is 25.3 Å². The minimum Gasteiger partial charge on any atom is -0.341 e. The molecule has 2 fully saturated rings. The minimum absolute atomic E-state index is 0. The maximum atomic E-state index is 12.8. The molecule has 0 aromatic heterocycles. The molecule has 0 unspecified atom stereocenters. The Morgan fingerprint density at radius 1 is 1.19 bits per heavy atom. The highest BCUT2D eigenvalue weighted by Crippen LogP contribution is 2.29. The van der Waals surface area contributed by atoms with Crippen molar-refractivity contribution in [1.82, 2.24) is 9.80 Å². The fourth-order valence-corrected chi connectivity index (χ4v) is 4.35. The van der Waals surface area contributed by atoms with Gasteiger partial charge < -0.3 is 4.90 Å². The Bertz CT molecular complexity index is 634. The lowest BCUT2D eigenvalue weighted by molar-refractivity contribution is -0.385. The Hall–Kier alpha value is -1.47. The molecule has 0 bridgehead atoms. The van der Waals surface area contributed by atoms with Crippen molar-refractivity contribution in [1.29, 1.82) is 0 Å². The Morgan fingerprint density at radius 3 is 2.54 bits per heavy atom. The number of carbonyl (C=O) groups is 1. The molecule has 6 nitrogen and oxygen atoms in total. The van der Waals surface area contributed by atoms with E-state index in [1.807, 2.05) is 11.9 Å². The highest BCUT2D eigenvalue weighted by molar-refractivity contribution is 8.93. The number of benzene rings is 1. The average Bonchev–Trinajstić information content (AvgIpc) is 3.16. The normalized spacial score (nSPS) is 23.3. The van der Waals surface area contributed by atoms with E-state index in [0.29, 0.717) is 11.6 Å². The maximum Gasteiger partial charge on any atom is 0.273 e. The Balaban J connectivity index is 0.00000243. The van der Waals surface area contributed by atoms with E-state index in [-0.39, 0.29) is 41.0 Å². The Morgan fingerprint density at radius 2 is 1.85 bits per heavy atom. The molecule has 1 aromatic rings. The summed E-state index contributed by atoms with van der Waals surface area (Å²) in [5, 5.41) is 11.2. The number of carbonyl (C=O) groups excluding carboxylic acids is 1. The first-order valence-electron chi connectivity index (χ1n) is 9.30. The van der Waals surface area contributed by atoms with Gasteiger partial charge >= 0.3 is 0 Å². The van der Waals surface area contributed by atoms with Crippen molar-refractivity contribution in [2.45, 2.75) is 57.0 Å². The summed E-state index contributed by atoms with van der Waals surface area (Å²) in [4.78, 5) is 28.0. The third-order valence-corrected chi connectivity index (χ3v) is 5.72. The van der Waals surface area contributed by atoms with Crippen LogP contribution in [0.2, 0.25) is 0 Å². The number of hydrogen-bond donors (Lipinski definition) is 0. The summed E-state index contributed by atoms with van der Waals surface area (Å²) in [7, 11) is 1.87. The number of amides is 1. The standard InChI is InChI=1S/C19H27N3O3.BrH/c1-20(17-10-4-5-11-18(17)21-12-6-7-13-21)19(23)14-15-8-2-3-9-16(15)22(24)25;/h2-3,8-9,17-18H,4-7,10-14H2,1H3;1H/t17-,18-;/m0./s1. The van der Waals surface area contributed by atoms with Crippen LogP contribution < -0.4 is 0 Å². The predicted octanol–water partition coefficient (Wildman–Crippen LogP) is 3.58. The molecule has 0 spiro atoms. The van der Waals surface area contributed by atoms with E-state index in [4.69, 9.17) is 0 Å². The van der Waals surface area contributed by atoms with Gasteiger partial charge in [-0.15, -0.1) is 17.0 Å². The summed E-state index contributed by atoms with van der Waals surface area (Å²) in [6, 6.07) is 7.21. The van der Waals surface area contributed by atoms with E-state index >= 15 is 0 Å². The number of halogens is 1. The third-order valence-electron chi connectivity index (χ3n) is 5.72. The van der Waals surface area contributed by atoms with Crippen molar-refractivity contribution in [2.75, 3.05) is 20.1 Å². The first kappa shape index (κ1) is 20.8. The van der Waals surface area contributed by atoms with Gasteiger partial charge in [-0.25, -0.2) is 0 Å². The Labute approximate surface area is 165 Å². The summed E-state index contributed by atoms with van der Waals surface area (Å²) in [5.41, 5.74) is 0.530. The van der Waals surface area contributed by atoms with Crippen LogP contribution in [0.25, 0.3) is 0 Å². The van der Waals surface area contributed by atoms with Crippen LogP contribution in [0.5, 0.6) is 0 Å². The second kappa shape index (κ2) is 9.46. The fourth-order valence-electron chi connectivity index (χ4n) is 4.35. The topological polar surface area (TPSA) is 66.7 Å². The van der Waals surface area contributed by atoms with Crippen LogP contribution in [-0.2, 0) is 11.2 Å². The number of hydrogen-bond acceptors (Lipinski definition) is 4. The van der Waals surface area contributed by atoms with Gasteiger partial charge in [0.2, 0.25) is 5.91 Å². The van der Waals surface area contributed by atoms with Crippen molar-refractivity contribution < 1.29 is 9.72 Å². The number of para-hydroxylation sites is 1. The average molecular weight is 426 g/mol. The van der Waals surface area contributed by atoms with Crippen LogP contribution in [0.3, 0.4) is 0 Å². The highest BCUT2D eigenvalue weighted by atomic mass is 79.9. The van der Waals surface area contributed by atoms with E-state index in [9.17, 15) is 14.9 Å². The lowest BCUT2D eigenvalue weighted by atomic mass is 9.88. The molecule has 26 heavy (non-hydrogen) atoms. The summed E-state index contributed by atoms with van der Waals surface area (Å²) in [6.07, 6.45) is 7.14. The van der Waals surface area contributed by atoms with Crippen molar-refractivity contribution in [3.63, 3.8) is 0 Å². The molecular weight excluding hydrogens is 398 g/mol. The molecule has 1 saturated carbocycles. The number of nitro groups is 1. The summed E-state index contributed by atoms with van der Waals surface area (Å²) < 4.78 is 0. The molecule has 1 amide bonds. The van der Waals surface area contributed by atoms with Gasteiger partial charge in [0.1, 0.15) is 0 Å². The van der Waals surface area contributed by atoms with Crippen LogP contribution in [0, 0.1) is 10.1 Å². The van der Waals surface area contributed by atoms with Crippen LogP contribution in [0.4, 0.5) is 5.69 Å². The molecule has 1 aliphatic carbocycles. The van der Waals surface area contributed by atoms with Gasteiger partial charge in [-0.2, -0.15) is 0 Å². The van der Waals surface area contributed by atoms with Crippen LogP contribution in [-0.4, -0.2) is 52.9 Å². The zero-order valence-corrected chi connectivity index (χ0v) is 17.0.